The molecule has 0 aliphatic carbocycles. The Bertz CT molecular complexity index is 810. The minimum atomic E-state index is -0.946. The van der Waals surface area contributed by atoms with Gasteiger partial charge >= 0.3 is 5.97 Å². The van der Waals surface area contributed by atoms with Gasteiger partial charge in [0.1, 0.15) is 12.4 Å². The number of para-hydroxylation sites is 1. The van der Waals surface area contributed by atoms with E-state index in [0.717, 1.165) is 11.2 Å². The average Bonchev–Trinajstić information content (AvgIpc) is 2.88. The topological polar surface area (TPSA) is 62.3 Å². The van der Waals surface area contributed by atoms with Gasteiger partial charge in [-0.3, -0.25) is 0 Å². The highest BCUT2D eigenvalue weighted by Crippen LogP contribution is 2.25. The van der Waals surface area contributed by atoms with E-state index in [2.05, 4.69) is 4.98 Å². The maximum Gasteiger partial charge on any atom is 0.336 e. The molecule has 0 saturated heterocycles. The van der Waals surface area contributed by atoms with Crippen LogP contribution in [0.2, 0.25) is 5.02 Å². The molecule has 3 aromatic rings. The minimum Gasteiger partial charge on any atom is -0.486 e. The number of rotatable bonds is 4. The Morgan fingerprint density at radius 3 is 2.76 bits per heavy atom. The molecule has 0 saturated carbocycles. The fourth-order valence-corrected chi connectivity index (χ4v) is 2.38. The third kappa shape index (κ3) is 2.71. The lowest BCUT2D eigenvalue weighted by atomic mass is 10.1. The van der Waals surface area contributed by atoms with E-state index in [9.17, 15) is 9.90 Å². The van der Waals surface area contributed by atoms with Crippen molar-refractivity contribution in [2.45, 2.75) is 6.61 Å². The van der Waals surface area contributed by atoms with E-state index in [1.807, 2.05) is 18.2 Å². The summed E-state index contributed by atoms with van der Waals surface area (Å²) in [7, 11) is 0. The van der Waals surface area contributed by atoms with Gasteiger partial charge in [0.2, 0.25) is 0 Å². The fourth-order valence-electron chi connectivity index (χ4n) is 2.19. The largest absolute Gasteiger partial charge is 0.486 e. The normalized spacial score (nSPS) is 10.7. The first-order valence-corrected chi connectivity index (χ1v) is 6.74. The zero-order valence-corrected chi connectivity index (χ0v) is 11.7. The Morgan fingerprint density at radius 2 is 2.00 bits per heavy atom. The van der Waals surface area contributed by atoms with Crippen LogP contribution in [0.1, 0.15) is 16.1 Å². The molecule has 5 heteroatoms. The van der Waals surface area contributed by atoms with Crippen molar-refractivity contribution in [2.75, 3.05) is 0 Å². The summed E-state index contributed by atoms with van der Waals surface area (Å²) in [6, 6.07) is 14.1. The minimum absolute atomic E-state index is 0.271. The second kappa shape index (κ2) is 5.50. The number of fused-ring (bicyclic) bond motifs is 1. The van der Waals surface area contributed by atoms with Crippen LogP contribution in [0.5, 0.6) is 5.75 Å². The van der Waals surface area contributed by atoms with E-state index in [4.69, 9.17) is 16.3 Å². The third-order valence-electron chi connectivity index (χ3n) is 3.17. The van der Waals surface area contributed by atoms with Crippen molar-refractivity contribution >= 4 is 28.5 Å². The van der Waals surface area contributed by atoms with E-state index >= 15 is 0 Å². The highest BCUT2D eigenvalue weighted by molar-refractivity contribution is 6.32. The van der Waals surface area contributed by atoms with Crippen molar-refractivity contribution in [1.29, 1.82) is 0 Å². The number of carboxylic acid groups (broad SMARTS) is 1. The molecule has 0 amide bonds. The van der Waals surface area contributed by atoms with Crippen LogP contribution in [0, 0.1) is 0 Å². The molecule has 1 heterocycles. The lowest BCUT2D eigenvalue weighted by Gasteiger charge is -2.05. The van der Waals surface area contributed by atoms with Crippen LogP contribution >= 0.6 is 11.6 Å². The van der Waals surface area contributed by atoms with Crippen LogP contribution in [0.3, 0.4) is 0 Å². The average molecular weight is 302 g/mol. The number of ether oxygens (including phenoxy) is 1. The van der Waals surface area contributed by atoms with Gasteiger partial charge in [-0.25, -0.2) is 4.79 Å². The maximum atomic E-state index is 11.2. The van der Waals surface area contributed by atoms with Crippen LogP contribution < -0.4 is 4.74 Å². The van der Waals surface area contributed by atoms with Crippen molar-refractivity contribution in [3.63, 3.8) is 0 Å². The number of aromatic carboxylic acids is 1. The zero-order chi connectivity index (χ0) is 14.8. The van der Waals surface area contributed by atoms with Gasteiger partial charge in [0.25, 0.3) is 0 Å². The summed E-state index contributed by atoms with van der Waals surface area (Å²) in [5.74, 6) is -0.352. The molecule has 0 radical (unpaired) electrons. The van der Waals surface area contributed by atoms with E-state index < -0.39 is 5.97 Å². The van der Waals surface area contributed by atoms with Crippen LogP contribution in [0.4, 0.5) is 0 Å². The summed E-state index contributed by atoms with van der Waals surface area (Å²) in [6.07, 6.45) is 0. The smallest absolute Gasteiger partial charge is 0.336 e. The summed E-state index contributed by atoms with van der Waals surface area (Å²) in [4.78, 5) is 14.3. The molecular formula is C16H12ClNO3. The number of carbonyl (C=O) groups is 1. The maximum absolute atomic E-state index is 11.2. The van der Waals surface area contributed by atoms with Gasteiger partial charge in [-0.2, -0.15) is 0 Å². The molecule has 106 valence electrons. The molecule has 0 unspecified atom stereocenters. The lowest BCUT2D eigenvalue weighted by Crippen LogP contribution is -1.96. The Morgan fingerprint density at radius 1 is 1.19 bits per heavy atom. The standard InChI is InChI=1S/C16H12ClNO3/c17-13-5-1-2-7-15(13)21-9-10-8-12-11(16(19)20)4-3-6-14(12)18-10/h1-8,18H,9H2,(H,19,20). The summed E-state index contributed by atoms with van der Waals surface area (Å²) in [5.41, 5.74) is 1.83. The predicted octanol–water partition coefficient (Wildman–Crippen LogP) is 4.10. The number of benzene rings is 2. The van der Waals surface area contributed by atoms with Crippen LogP contribution in [0.15, 0.2) is 48.5 Å². The molecule has 3 rings (SSSR count). The SMILES string of the molecule is O=C(O)c1cccc2[nH]c(COc3ccccc3Cl)cc12. The first-order valence-electron chi connectivity index (χ1n) is 6.36. The van der Waals surface area contributed by atoms with Gasteiger partial charge in [0.15, 0.2) is 0 Å². The fraction of sp³-hybridized carbons (Fsp3) is 0.0625. The quantitative estimate of drug-likeness (QED) is 0.762. The second-order valence-corrected chi connectivity index (χ2v) is 4.99. The summed E-state index contributed by atoms with van der Waals surface area (Å²) in [6.45, 7) is 0.289. The van der Waals surface area contributed by atoms with Gasteiger partial charge in [-0.05, 0) is 30.3 Å². The molecule has 0 aliphatic rings. The van der Waals surface area contributed by atoms with E-state index in [0.29, 0.717) is 16.2 Å². The molecular weight excluding hydrogens is 290 g/mol. The summed E-state index contributed by atoms with van der Waals surface area (Å²) in [5, 5.41) is 10.4. The number of hydrogen-bond acceptors (Lipinski definition) is 2. The van der Waals surface area contributed by atoms with Crippen molar-refractivity contribution < 1.29 is 14.6 Å². The molecule has 21 heavy (non-hydrogen) atoms. The molecule has 4 nitrogen and oxygen atoms in total. The molecule has 0 spiro atoms. The van der Waals surface area contributed by atoms with Crippen LogP contribution in [-0.4, -0.2) is 16.1 Å². The summed E-state index contributed by atoms with van der Waals surface area (Å²) < 4.78 is 5.64. The van der Waals surface area contributed by atoms with Crippen molar-refractivity contribution in [3.05, 3.63) is 64.8 Å². The predicted molar refractivity (Wildman–Crippen MR) is 81.0 cm³/mol. The van der Waals surface area contributed by atoms with Crippen LogP contribution in [-0.2, 0) is 6.61 Å². The number of aromatic nitrogens is 1. The van der Waals surface area contributed by atoms with Gasteiger partial charge in [0, 0.05) is 10.9 Å². The first-order chi connectivity index (χ1) is 10.1. The van der Waals surface area contributed by atoms with Crippen LogP contribution in [0.25, 0.3) is 10.9 Å². The Hall–Kier alpha value is -2.46. The van der Waals surface area contributed by atoms with Gasteiger partial charge < -0.3 is 14.8 Å². The Balaban J connectivity index is 1.87. The Labute approximate surface area is 125 Å². The monoisotopic (exact) mass is 301 g/mol. The van der Waals surface area contributed by atoms with Crippen molar-refractivity contribution in [1.82, 2.24) is 4.98 Å². The number of carboxylic acids is 1. The molecule has 0 fully saturated rings. The molecule has 0 atom stereocenters. The lowest BCUT2D eigenvalue weighted by molar-refractivity contribution is 0.0699. The first kappa shape index (κ1) is 13.5. The Kier molecular flexibility index (Phi) is 3.54. The van der Waals surface area contributed by atoms with Crippen molar-refractivity contribution in [2.24, 2.45) is 0 Å². The van der Waals surface area contributed by atoms with Gasteiger partial charge in [-0.15, -0.1) is 0 Å². The van der Waals surface area contributed by atoms with Gasteiger partial charge in [-0.1, -0.05) is 29.8 Å². The highest BCUT2D eigenvalue weighted by atomic mass is 35.5. The van der Waals surface area contributed by atoms with Gasteiger partial charge in [0.05, 0.1) is 16.3 Å². The molecule has 0 aliphatic heterocycles. The molecule has 0 bridgehead atoms. The third-order valence-corrected chi connectivity index (χ3v) is 3.48. The highest BCUT2D eigenvalue weighted by Gasteiger charge is 2.11. The number of H-pyrrole nitrogens is 1. The summed E-state index contributed by atoms with van der Waals surface area (Å²) >= 11 is 6.02. The molecule has 1 aromatic heterocycles. The van der Waals surface area contributed by atoms with Crippen molar-refractivity contribution in [3.8, 4) is 5.75 Å². The zero-order valence-electron chi connectivity index (χ0n) is 11.0. The van der Waals surface area contributed by atoms with E-state index in [-0.39, 0.29) is 12.2 Å². The van der Waals surface area contributed by atoms with E-state index in [1.165, 1.54) is 0 Å². The molecule has 2 aromatic carbocycles. The number of hydrogen-bond donors (Lipinski definition) is 2. The number of halogens is 1. The second-order valence-electron chi connectivity index (χ2n) is 4.59. The number of nitrogens with one attached hydrogen (secondary N) is 1. The molecule has 2 N–H and O–H groups in total. The number of aromatic amines is 1. The van der Waals surface area contributed by atoms with E-state index in [1.54, 1.807) is 30.3 Å².